The second-order valence-corrected chi connectivity index (χ2v) is 10.6. The topological polar surface area (TPSA) is 89.2 Å². The Hall–Kier alpha value is -4.27. The van der Waals surface area contributed by atoms with E-state index in [1.807, 2.05) is 127 Å². The highest BCUT2D eigenvalue weighted by Gasteiger charge is 2.45. The third-order valence-corrected chi connectivity index (χ3v) is 7.27. The van der Waals surface area contributed by atoms with Crippen LogP contribution in [-0.4, -0.2) is 37.1 Å². The van der Waals surface area contributed by atoms with Gasteiger partial charge in [0.25, 0.3) is 0 Å². The molecule has 7 nitrogen and oxygen atoms in total. The maximum Gasteiger partial charge on any atom is 0.225 e. The van der Waals surface area contributed by atoms with E-state index >= 15 is 0 Å². The zero-order chi connectivity index (χ0) is 30.4. The molecule has 4 aromatic rings. The fraction of sp³-hybridized carbons (Fsp3) is 0.270. The minimum Gasteiger partial charge on any atom is -0.461 e. The van der Waals surface area contributed by atoms with Crippen molar-refractivity contribution in [2.45, 2.75) is 57.3 Å². The largest absolute Gasteiger partial charge is 0.461 e. The van der Waals surface area contributed by atoms with Crippen molar-refractivity contribution in [3.63, 3.8) is 0 Å². The van der Waals surface area contributed by atoms with Gasteiger partial charge in [0.2, 0.25) is 12.2 Å². The van der Waals surface area contributed by atoms with Crippen molar-refractivity contribution < 1.29 is 28.5 Å². The molecule has 4 atom stereocenters. The molecule has 0 radical (unpaired) electrons. The van der Waals surface area contributed by atoms with Crippen LogP contribution in [0.15, 0.2) is 133 Å². The summed E-state index contributed by atoms with van der Waals surface area (Å²) in [5.74, 6) is 0.262. The molecule has 1 unspecified atom stereocenters. The van der Waals surface area contributed by atoms with Crippen molar-refractivity contribution in [3.8, 4) is 5.75 Å². The van der Waals surface area contributed by atoms with E-state index in [4.69, 9.17) is 29.4 Å². The number of benzene rings is 4. The van der Waals surface area contributed by atoms with Gasteiger partial charge in [0, 0.05) is 12.0 Å². The van der Waals surface area contributed by atoms with Crippen molar-refractivity contribution >= 4 is 5.91 Å². The first-order valence-electron chi connectivity index (χ1n) is 14.9. The molecule has 0 bridgehead atoms. The summed E-state index contributed by atoms with van der Waals surface area (Å²) in [6.45, 7) is 1.38. The molecule has 0 saturated carbocycles. The molecule has 1 aliphatic heterocycles. The molecule has 1 aliphatic rings. The fourth-order valence-electron chi connectivity index (χ4n) is 5.06. The van der Waals surface area contributed by atoms with E-state index in [0.29, 0.717) is 32.0 Å². The second kappa shape index (κ2) is 16.5. The van der Waals surface area contributed by atoms with E-state index in [1.165, 1.54) is 0 Å². The Kier molecular flexibility index (Phi) is 11.7. The number of nitrogens with two attached hydrogens (primary N) is 1. The number of hydrogen-bond acceptors (Lipinski definition) is 6. The maximum atomic E-state index is 11.7. The molecule has 5 rings (SSSR count). The lowest BCUT2D eigenvalue weighted by molar-refractivity contribution is -0.229. The molecule has 2 N–H and O–H groups in total. The van der Waals surface area contributed by atoms with Gasteiger partial charge in [0.05, 0.1) is 26.4 Å². The Labute approximate surface area is 259 Å². The van der Waals surface area contributed by atoms with Crippen LogP contribution in [0, 0.1) is 0 Å². The van der Waals surface area contributed by atoms with Gasteiger partial charge < -0.3 is 29.4 Å². The zero-order valence-electron chi connectivity index (χ0n) is 24.7. The Morgan fingerprint density at radius 2 is 1.23 bits per heavy atom. The summed E-state index contributed by atoms with van der Waals surface area (Å²) >= 11 is 0. The highest BCUT2D eigenvalue weighted by atomic mass is 16.7. The lowest BCUT2D eigenvalue weighted by atomic mass is 9.94. The van der Waals surface area contributed by atoms with Crippen molar-refractivity contribution in [3.05, 3.63) is 150 Å². The summed E-state index contributed by atoms with van der Waals surface area (Å²) in [5, 5.41) is 0. The zero-order valence-corrected chi connectivity index (χ0v) is 24.7. The van der Waals surface area contributed by atoms with Crippen LogP contribution in [0.1, 0.15) is 29.5 Å². The smallest absolute Gasteiger partial charge is 0.225 e. The van der Waals surface area contributed by atoms with E-state index in [0.717, 1.165) is 22.3 Å². The van der Waals surface area contributed by atoms with E-state index in [1.54, 1.807) is 0 Å². The van der Waals surface area contributed by atoms with Gasteiger partial charge in [-0.2, -0.15) is 0 Å². The molecular weight excluding hydrogens is 554 g/mol. The van der Waals surface area contributed by atoms with E-state index in [9.17, 15) is 4.79 Å². The molecule has 1 fully saturated rings. The Bertz CT molecular complexity index is 1430. The molecule has 228 valence electrons. The molecule has 0 aliphatic carbocycles. The normalized spacial score (nSPS) is 20.8. The molecule has 0 aromatic heterocycles. The van der Waals surface area contributed by atoms with Crippen LogP contribution in [-0.2, 0) is 43.6 Å². The number of ether oxygens (including phenoxy) is 5. The number of carbonyl (C=O) groups is 1. The Morgan fingerprint density at radius 3 is 1.80 bits per heavy atom. The van der Waals surface area contributed by atoms with Gasteiger partial charge in [-0.1, -0.05) is 115 Å². The van der Waals surface area contributed by atoms with Gasteiger partial charge in [0.1, 0.15) is 24.1 Å². The molecule has 0 spiro atoms. The van der Waals surface area contributed by atoms with Crippen LogP contribution < -0.4 is 10.5 Å². The van der Waals surface area contributed by atoms with Gasteiger partial charge in [0.15, 0.2) is 0 Å². The third kappa shape index (κ3) is 9.36. The van der Waals surface area contributed by atoms with Crippen LogP contribution in [0.2, 0.25) is 0 Å². The van der Waals surface area contributed by atoms with Crippen molar-refractivity contribution in [2.75, 3.05) is 6.61 Å². The molecule has 1 saturated heterocycles. The van der Waals surface area contributed by atoms with Crippen molar-refractivity contribution in [2.24, 2.45) is 5.73 Å². The van der Waals surface area contributed by atoms with Crippen LogP contribution in [0.3, 0.4) is 0 Å². The summed E-state index contributed by atoms with van der Waals surface area (Å²) in [6.07, 6.45) is 0.122. The maximum absolute atomic E-state index is 11.7. The van der Waals surface area contributed by atoms with E-state index in [2.05, 4.69) is 0 Å². The van der Waals surface area contributed by atoms with Crippen LogP contribution in [0.5, 0.6) is 5.75 Å². The molecule has 44 heavy (non-hydrogen) atoms. The highest BCUT2D eigenvalue weighted by Crippen LogP contribution is 2.34. The van der Waals surface area contributed by atoms with E-state index in [-0.39, 0.29) is 18.9 Å². The molecule has 4 aromatic carbocycles. The summed E-state index contributed by atoms with van der Waals surface area (Å²) in [4.78, 5) is 11.7. The predicted molar refractivity (Wildman–Crippen MR) is 168 cm³/mol. The number of carbonyl (C=O) groups excluding carboxylic acids is 1. The summed E-state index contributed by atoms with van der Waals surface area (Å²) < 4.78 is 32.6. The summed E-state index contributed by atoms with van der Waals surface area (Å²) in [7, 11) is 0. The number of allylic oxidation sites excluding steroid dienone is 1. The van der Waals surface area contributed by atoms with Crippen molar-refractivity contribution in [1.29, 1.82) is 0 Å². The van der Waals surface area contributed by atoms with Crippen molar-refractivity contribution in [1.82, 2.24) is 0 Å². The fourth-order valence-corrected chi connectivity index (χ4v) is 5.06. The molecule has 7 heteroatoms. The van der Waals surface area contributed by atoms with Gasteiger partial charge >= 0.3 is 0 Å². The number of hydrogen-bond donors (Lipinski definition) is 1. The molecule has 1 heterocycles. The van der Waals surface area contributed by atoms with Crippen LogP contribution in [0.25, 0.3) is 0 Å². The molecule has 1 amide bonds. The summed E-state index contributed by atoms with van der Waals surface area (Å²) in [5.41, 5.74) is 9.35. The lowest BCUT2D eigenvalue weighted by Gasteiger charge is -2.43. The standard InChI is InChI=1S/C37H39NO6/c38-34(39)23-13-22-32-35(41-25-29-16-7-2-8-17-29)36(42-26-30-18-9-3-10-19-30)33(27-40-24-28-14-5-1-6-15-28)44-37(32)43-31-20-11-4-12-21-31/h1-12,14-22,33,35-37H,13,23-27H2,(H2,38,39)/b32-22-/t33-,35-,36+,37?/m1/s1. The van der Waals surface area contributed by atoms with Gasteiger partial charge in [-0.25, -0.2) is 0 Å². The number of primary amides is 1. The SMILES string of the molecule is NC(=O)CC/C=C1\C(Oc2ccccc2)O[C@H](COCc2ccccc2)[C@H](OCc2ccccc2)[C@@H]1OCc1ccccc1. The first-order chi connectivity index (χ1) is 21.7. The second-order valence-electron chi connectivity index (χ2n) is 10.6. The number of rotatable bonds is 15. The minimum absolute atomic E-state index is 0.187. The van der Waals surface area contributed by atoms with Gasteiger partial charge in [-0.15, -0.1) is 0 Å². The average Bonchev–Trinajstić information content (AvgIpc) is 3.06. The predicted octanol–water partition coefficient (Wildman–Crippen LogP) is 6.37. The van der Waals surface area contributed by atoms with Crippen LogP contribution in [0.4, 0.5) is 0 Å². The highest BCUT2D eigenvalue weighted by molar-refractivity contribution is 5.73. The van der Waals surface area contributed by atoms with Gasteiger partial charge in [-0.3, -0.25) is 4.79 Å². The first kappa shape index (κ1) is 31.2. The minimum atomic E-state index is -0.798. The van der Waals surface area contributed by atoms with Gasteiger partial charge in [-0.05, 0) is 35.2 Å². The number of para-hydroxylation sites is 1. The molecular formula is C37H39NO6. The number of amides is 1. The first-order valence-corrected chi connectivity index (χ1v) is 14.9. The summed E-state index contributed by atoms with van der Waals surface area (Å²) in [6, 6.07) is 39.5. The third-order valence-electron chi connectivity index (χ3n) is 7.27. The monoisotopic (exact) mass is 593 g/mol. The van der Waals surface area contributed by atoms with E-state index < -0.39 is 24.6 Å². The lowest BCUT2D eigenvalue weighted by Crippen LogP contribution is -2.55. The quantitative estimate of drug-likeness (QED) is 0.161. The average molecular weight is 594 g/mol. The Balaban J connectivity index is 1.46. The Morgan fingerprint density at radius 1 is 0.705 bits per heavy atom. The van der Waals surface area contributed by atoms with Crippen LogP contribution >= 0.6 is 0 Å².